The quantitative estimate of drug-likeness (QED) is 0.861. The molecule has 1 aliphatic heterocycles. The minimum Gasteiger partial charge on any atom is -0.392 e. The van der Waals surface area contributed by atoms with Crippen molar-refractivity contribution in [2.75, 3.05) is 25.5 Å². The van der Waals surface area contributed by atoms with Gasteiger partial charge in [-0.05, 0) is 37.7 Å². The Morgan fingerprint density at radius 2 is 2.04 bits per heavy atom. The first-order chi connectivity index (χ1) is 12.1. The van der Waals surface area contributed by atoms with E-state index in [0.29, 0.717) is 24.4 Å². The minimum absolute atomic E-state index is 0.0625. The fraction of sp³-hybridized carbons (Fsp3) is 0.474. The van der Waals surface area contributed by atoms with Gasteiger partial charge in [-0.3, -0.25) is 4.79 Å². The maximum Gasteiger partial charge on any atom is 0.265 e. The molecular formula is C19H25N3O2S. The highest BCUT2D eigenvalue weighted by atomic mass is 32.1. The van der Waals surface area contributed by atoms with Gasteiger partial charge in [0.15, 0.2) is 5.13 Å². The molecule has 0 saturated carbocycles. The van der Waals surface area contributed by atoms with Gasteiger partial charge in [0, 0.05) is 20.1 Å². The SMILES string of the molecule is CNc1nc(C)c(C(=O)N2CCC([C@H](O)Cc3ccccc3)CC2)s1. The standard InChI is InChI=1S/C19H25N3O2S/c1-13-17(25-19(20-2)21-13)18(24)22-10-8-15(9-11-22)16(23)12-14-6-4-3-5-7-14/h3-7,15-16,23H,8-12H2,1-2H3,(H,20,21)/t16-/m1/s1. The van der Waals surface area contributed by atoms with E-state index in [2.05, 4.69) is 10.3 Å². The van der Waals surface area contributed by atoms with E-state index in [0.717, 1.165) is 29.2 Å². The molecule has 0 spiro atoms. The third-order valence-electron chi connectivity index (χ3n) is 4.86. The third kappa shape index (κ3) is 4.19. The third-order valence-corrected chi connectivity index (χ3v) is 6.03. The van der Waals surface area contributed by atoms with Crippen LogP contribution in [0, 0.1) is 12.8 Å². The van der Waals surface area contributed by atoms with Crippen LogP contribution in [0.1, 0.15) is 33.8 Å². The van der Waals surface area contributed by atoms with Gasteiger partial charge in [-0.15, -0.1) is 0 Å². The number of carbonyl (C=O) groups excluding carboxylic acids is 1. The van der Waals surface area contributed by atoms with Crippen LogP contribution in [0.2, 0.25) is 0 Å². The van der Waals surface area contributed by atoms with Crippen molar-refractivity contribution in [2.45, 2.75) is 32.3 Å². The number of likely N-dealkylation sites (tertiary alicyclic amines) is 1. The van der Waals surface area contributed by atoms with E-state index >= 15 is 0 Å². The van der Waals surface area contributed by atoms with Crippen LogP contribution in [0.4, 0.5) is 5.13 Å². The molecule has 1 aliphatic rings. The Bertz CT molecular complexity index is 709. The van der Waals surface area contributed by atoms with Gasteiger partial charge in [-0.25, -0.2) is 4.98 Å². The van der Waals surface area contributed by atoms with Gasteiger partial charge in [0.1, 0.15) is 4.88 Å². The number of aromatic nitrogens is 1. The fourth-order valence-corrected chi connectivity index (χ4v) is 4.24. The summed E-state index contributed by atoms with van der Waals surface area (Å²) >= 11 is 1.41. The van der Waals surface area contributed by atoms with E-state index in [9.17, 15) is 9.90 Å². The molecule has 1 atom stereocenters. The molecule has 0 bridgehead atoms. The van der Waals surface area contributed by atoms with Gasteiger partial charge in [0.05, 0.1) is 11.8 Å². The van der Waals surface area contributed by atoms with Crippen molar-refractivity contribution in [1.29, 1.82) is 0 Å². The minimum atomic E-state index is -0.347. The molecule has 2 aromatic rings. The number of nitrogens with one attached hydrogen (secondary N) is 1. The Kier molecular flexibility index (Phi) is 5.71. The number of thiazole rings is 1. The van der Waals surface area contributed by atoms with Crippen LogP contribution in [-0.4, -0.2) is 47.1 Å². The molecule has 0 unspecified atom stereocenters. The summed E-state index contributed by atoms with van der Waals surface area (Å²) < 4.78 is 0. The van der Waals surface area contributed by atoms with Crippen molar-refractivity contribution in [3.8, 4) is 0 Å². The summed E-state index contributed by atoms with van der Waals surface area (Å²) in [6.45, 7) is 3.27. The lowest BCUT2D eigenvalue weighted by Gasteiger charge is -2.34. The molecule has 134 valence electrons. The average molecular weight is 359 g/mol. The van der Waals surface area contributed by atoms with Gasteiger partial charge in [-0.2, -0.15) is 0 Å². The highest BCUT2D eigenvalue weighted by Crippen LogP contribution is 2.27. The molecule has 25 heavy (non-hydrogen) atoms. The number of anilines is 1. The van der Waals surface area contributed by atoms with Gasteiger partial charge in [-0.1, -0.05) is 41.7 Å². The highest BCUT2D eigenvalue weighted by molar-refractivity contribution is 7.17. The lowest BCUT2D eigenvalue weighted by Crippen LogP contribution is -2.41. The largest absolute Gasteiger partial charge is 0.392 e. The second-order valence-electron chi connectivity index (χ2n) is 6.57. The maximum absolute atomic E-state index is 12.7. The first kappa shape index (κ1) is 17.9. The second kappa shape index (κ2) is 7.97. The smallest absolute Gasteiger partial charge is 0.265 e. The van der Waals surface area contributed by atoms with E-state index in [1.54, 1.807) is 0 Å². The molecule has 1 saturated heterocycles. The molecule has 5 nitrogen and oxygen atoms in total. The summed E-state index contributed by atoms with van der Waals surface area (Å²) in [4.78, 5) is 19.7. The predicted molar refractivity (Wildman–Crippen MR) is 101 cm³/mol. The summed E-state index contributed by atoms with van der Waals surface area (Å²) in [7, 11) is 1.81. The lowest BCUT2D eigenvalue weighted by atomic mass is 9.88. The van der Waals surface area contributed by atoms with Crippen molar-refractivity contribution < 1.29 is 9.90 Å². The number of aliphatic hydroxyl groups excluding tert-OH is 1. The Morgan fingerprint density at radius 1 is 1.36 bits per heavy atom. The molecule has 0 aliphatic carbocycles. The summed E-state index contributed by atoms with van der Waals surface area (Å²) in [6, 6.07) is 10.1. The number of rotatable bonds is 5. The number of aliphatic hydroxyl groups is 1. The molecular weight excluding hydrogens is 334 g/mol. The highest BCUT2D eigenvalue weighted by Gasteiger charge is 2.29. The van der Waals surface area contributed by atoms with E-state index in [1.807, 2.05) is 49.2 Å². The van der Waals surface area contributed by atoms with Crippen molar-refractivity contribution in [2.24, 2.45) is 5.92 Å². The number of piperidine rings is 1. The monoisotopic (exact) mass is 359 g/mol. The van der Waals surface area contributed by atoms with Gasteiger partial charge in [0.2, 0.25) is 0 Å². The van der Waals surface area contributed by atoms with E-state index in [4.69, 9.17) is 0 Å². The van der Waals surface area contributed by atoms with Gasteiger partial charge >= 0.3 is 0 Å². The molecule has 3 rings (SSSR count). The molecule has 2 N–H and O–H groups in total. The van der Waals surface area contributed by atoms with Crippen LogP contribution in [0.15, 0.2) is 30.3 Å². The number of nitrogens with zero attached hydrogens (tertiary/aromatic N) is 2. The van der Waals surface area contributed by atoms with Crippen molar-refractivity contribution in [3.63, 3.8) is 0 Å². The van der Waals surface area contributed by atoms with Crippen LogP contribution in [-0.2, 0) is 6.42 Å². The summed E-state index contributed by atoms with van der Waals surface area (Å²) in [5, 5.41) is 14.3. The van der Waals surface area contributed by atoms with Crippen LogP contribution < -0.4 is 5.32 Å². The summed E-state index contributed by atoms with van der Waals surface area (Å²) in [6.07, 6.45) is 2.02. The number of hydrogen-bond donors (Lipinski definition) is 2. The molecule has 6 heteroatoms. The Morgan fingerprint density at radius 3 is 2.64 bits per heavy atom. The average Bonchev–Trinajstić information content (AvgIpc) is 3.03. The van der Waals surface area contributed by atoms with E-state index in [1.165, 1.54) is 11.3 Å². The fourth-order valence-electron chi connectivity index (χ4n) is 3.35. The Balaban J connectivity index is 1.56. The van der Waals surface area contributed by atoms with Crippen LogP contribution in [0.25, 0.3) is 0 Å². The molecule has 2 heterocycles. The van der Waals surface area contributed by atoms with E-state index < -0.39 is 0 Å². The topological polar surface area (TPSA) is 65.5 Å². The second-order valence-corrected chi connectivity index (χ2v) is 7.57. The first-order valence-corrected chi connectivity index (χ1v) is 9.56. The van der Waals surface area contributed by atoms with E-state index in [-0.39, 0.29) is 17.9 Å². The number of benzene rings is 1. The zero-order chi connectivity index (χ0) is 17.8. The molecule has 1 aromatic carbocycles. The molecule has 1 fully saturated rings. The zero-order valence-corrected chi connectivity index (χ0v) is 15.6. The van der Waals surface area contributed by atoms with Crippen LogP contribution in [0.3, 0.4) is 0 Å². The maximum atomic E-state index is 12.7. The Hall–Kier alpha value is -1.92. The number of amides is 1. The van der Waals surface area contributed by atoms with Crippen molar-refractivity contribution >= 4 is 22.4 Å². The van der Waals surface area contributed by atoms with Gasteiger partial charge in [0.25, 0.3) is 5.91 Å². The number of carbonyl (C=O) groups is 1. The number of aryl methyl sites for hydroxylation is 1. The predicted octanol–water partition coefficient (Wildman–Crippen LogP) is 2.95. The summed E-state index contributed by atoms with van der Waals surface area (Å²) in [5.74, 6) is 0.312. The zero-order valence-electron chi connectivity index (χ0n) is 14.7. The summed E-state index contributed by atoms with van der Waals surface area (Å²) in [5.41, 5.74) is 1.94. The van der Waals surface area contributed by atoms with Gasteiger partial charge < -0.3 is 15.3 Å². The van der Waals surface area contributed by atoms with Crippen LogP contribution in [0.5, 0.6) is 0 Å². The molecule has 1 amide bonds. The number of hydrogen-bond acceptors (Lipinski definition) is 5. The van der Waals surface area contributed by atoms with Crippen LogP contribution >= 0.6 is 11.3 Å². The van der Waals surface area contributed by atoms with Crippen molar-refractivity contribution in [3.05, 3.63) is 46.5 Å². The Labute approximate surface area is 152 Å². The normalized spacial score (nSPS) is 16.7. The molecule has 1 aromatic heterocycles. The lowest BCUT2D eigenvalue weighted by molar-refractivity contribution is 0.0470. The van der Waals surface area contributed by atoms with Crippen molar-refractivity contribution in [1.82, 2.24) is 9.88 Å². The first-order valence-electron chi connectivity index (χ1n) is 8.75. The molecule has 0 radical (unpaired) electrons.